The van der Waals surface area contributed by atoms with Crippen LogP contribution in [-0.4, -0.2) is 16.3 Å². The summed E-state index contributed by atoms with van der Waals surface area (Å²) in [5.74, 6) is 0.712. The molecule has 0 radical (unpaired) electrons. The number of aromatic nitrogens is 2. The van der Waals surface area contributed by atoms with Crippen molar-refractivity contribution in [1.82, 2.24) is 15.1 Å². The molecule has 4 rings (SSSR count). The Kier molecular flexibility index (Phi) is 3.98. The summed E-state index contributed by atoms with van der Waals surface area (Å²) in [6.45, 7) is 1.13. The summed E-state index contributed by atoms with van der Waals surface area (Å²) in [6.07, 6.45) is 11.5. The third-order valence-electron chi connectivity index (χ3n) is 5.27. The third kappa shape index (κ3) is 2.58. The van der Waals surface area contributed by atoms with E-state index in [2.05, 4.69) is 46.5 Å². The van der Waals surface area contributed by atoms with Crippen molar-refractivity contribution in [2.75, 3.05) is 6.54 Å². The predicted molar refractivity (Wildman–Crippen MR) is 89.4 cm³/mol. The third-order valence-corrected chi connectivity index (χ3v) is 5.27. The van der Waals surface area contributed by atoms with Crippen molar-refractivity contribution < 1.29 is 0 Å². The Morgan fingerprint density at radius 3 is 2.50 bits per heavy atom. The molecule has 0 amide bonds. The highest BCUT2D eigenvalue weighted by Crippen LogP contribution is 2.38. The molecule has 2 fully saturated rings. The molecule has 0 spiro atoms. The van der Waals surface area contributed by atoms with Crippen molar-refractivity contribution >= 4 is 0 Å². The zero-order chi connectivity index (χ0) is 14.8. The van der Waals surface area contributed by atoms with Crippen molar-refractivity contribution in [1.29, 1.82) is 0 Å². The van der Waals surface area contributed by atoms with Gasteiger partial charge < -0.3 is 5.32 Å². The average Bonchev–Trinajstić information content (AvgIpc) is 3.25. The highest BCUT2D eigenvalue weighted by Gasteiger charge is 2.28. The standard InChI is InChI=1S/C19H25N3/c1-3-8-15(9-4-1)17-14-21-22(16-10-5-2-6-11-16)19(17)18-12-7-13-20-18/h2,5-6,10-11,14-15,18,20H,1,3-4,7-9,12-13H2. The van der Waals surface area contributed by atoms with Gasteiger partial charge in [0, 0.05) is 6.04 Å². The van der Waals surface area contributed by atoms with Gasteiger partial charge in [-0.3, -0.25) is 0 Å². The molecule has 1 saturated carbocycles. The van der Waals surface area contributed by atoms with E-state index in [4.69, 9.17) is 5.10 Å². The number of nitrogens with one attached hydrogen (secondary N) is 1. The van der Waals surface area contributed by atoms with Gasteiger partial charge in [0.25, 0.3) is 0 Å². The van der Waals surface area contributed by atoms with Gasteiger partial charge >= 0.3 is 0 Å². The van der Waals surface area contributed by atoms with Crippen LogP contribution < -0.4 is 5.32 Å². The summed E-state index contributed by atoms with van der Waals surface area (Å²) < 4.78 is 2.19. The smallest absolute Gasteiger partial charge is 0.0649 e. The van der Waals surface area contributed by atoms with Gasteiger partial charge in [-0.15, -0.1) is 0 Å². The van der Waals surface area contributed by atoms with Crippen LogP contribution in [0.15, 0.2) is 36.5 Å². The van der Waals surface area contributed by atoms with Crippen molar-refractivity contribution in [2.24, 2.45) is 0 Å². The van der Waals surface area contributed by atoms with E-state index in [1.807, 2.05) is 0 Å². The number of hydrogen-bond donors (Lipinski definition) is 1. The quantitative estimate of drug-likeness (QED) is 0.912. The summed E-state index contributed by atoms with van der Waals surface area (Å²) >= 11 is 0. The fourth-order valence-corrected chi connectivity index (χ4v) is 4.14. The molecular weight excluding hydrogens is 270 g/mol. The number of hydrogen-bond acceptors (Lipinski definition) is 2. The molecule has 22 heavy (non-hydrogen) atoms. The molecule has 1 aliphatic heterocycles. The average molecular weight is 295 g/mol. The molecule has 3 heteroatoms. The van der Waals surface area contributed by atoms with Gasteiger partial charge in [0.05, 0.1) is 17.6 Å². The van der Waals surface area contributed by atoms with Crippen LogP contribution in [0, 0.1) is 0 Å². The Bertz CT molecular complexity index is 605. The Morgan fingerprint density at radius 2 is 1.77 bits per heavy atom. The summed E-state index contributed by atoms with van der Waals surface area (Å²) in [4.78, 5) is 0. The minimum Gasteiger partial charge on any atom is -0.309 e. The van der Waals surface area contributed by atoms with E-state index in [-0.39, 0.29) is 0 Å². The highest BCUT2D eigenvalue weighted by molar-refractivity contribution is 5.38. The van der Waals surface area contributed by atoms with Crippen LogP contribution in [0.5, 0.6) is 0 Å². The topological polar surface area (TPSA) is 29.9 Å². The first kappa shape index (κ1) is 14.0. The van der Waals surface area contributed by atoms with E-state index in [1.165, 1.54) is 61.9 Å². The van der Waals surface area contributed by atoms with E-state index in [0.29, 0.717) is 12.0 Å². The molecule has 0 bridgehead atoms. The van der Waals surface area contributed by atoms with Crippen LogP contribution in [0.1, 0.15) is 68.2 Å². The monoisotopic (exact) mass is 295 g/mol. The van der Waals surface area contributed by atoms with E-state index in [9.17, 15) is 0 Å². The molecule has 2 heterocycles. The fraction of sp³-hybridized carbons (Fsp3) is 0.526. The SMILES string of the molecule is c1ccc(-n2ncc(C3CCCCC3)c2C2CCCN2)cc1. The zero-order valence-corrected chi connectivity index (χ0v) is 13.2. The molecule has 1 saturated heterocycles. The van der Waals surface area contributed by atoms with Gasteiger partial charge in [-0.1, -0.05) is 37.5 Å². The lowest BCUT2D eigenvalue weighted by atomic mass is 9.83. The second-order valence-electron chi connectivity index (χ2n) is 6.72. The molecule has 1 aliphatic carbocycles. The Morgan fingerprint density at radius 1 is 0.955 bits per heavy atom. The minimum atomic E-state index is 0.472. The molecule has 2 aliphatic rings. The van der Waals surface area contributed by atoms with Crippen molar-refractivity contribution in [3.8, 4) is 5.69 Å². The van der Waals surface area contributed by atoms with Crippen LogP contribution in [0.2, 0.25) is 0 Å². The zero-order valence-electron chi connectivity index (χ0n) is 13.2. The van der Waals surface area contributed by atoms with E-state index in [0.717, 1.165) is 6.54 Å². The van der Waals surface area contributed by atoms with Crippen LogP contribution in [0.25, 0.3) is 5.69 Å². The van der Waals surface area contributed by atoms with Crippen LogP contribution in [0.3, 0.4) is 0 Å². The molecule has 1 unspecified atom stereocenters. The van der Waals surface area contributed by atoms with Gasteiger partial charge in [0.15, 0.2) is 0 Å². The minimum absolute atomic E-state index is 0.472. The fourth-order valence-electron chi connectivity index (χ4n) is 4.14. The lowest BCUT2D eigenvalue weighted by Crippen LogP contribution is -2.19. The van der Waals surface area contributed by atoms with Gasteiger partial charge in [0.1, 0.15) is 0 Å². The normalized spacial score (nSPS) is 23.0. The molecule has 1 aromatic heterocycles. The molecule has 116 valence electrons. The van der Waals surface area contributed by atoms with Crippen LogP contribution in [-0.2, 0) is 0 Å². The van der Waals surface area contributed by atoms with E-state index >= 15 is 0 Å². The lowest BCUT2D eigenvalue weighted by molar-refractivity contribution is 0.437. The van der Waals surface area contributed by atoms with Crippen LogP contribution in [0.4, 0.5) is 0 Å². The second-order valence-corrected chi connectivity index (χ2v) is 6.72. The number of nitrogens with zero attached hydrogens (tertiary/aromatic N) is 2. The largest absolute Gasteiger partial charge is 0.309 e. The Balaban J connectivity index is 1.76. The van der Waals surface area contributed by atoms with Crippen molar-refractivity contribution in [3.05, 3.63) is 47.8 Å². The van der Waals surface area contributed by atoms with Gasteiger partial charge in [-0.25, -0.2) is 4.68 Å². The maximum atomic E-state index is 4.78. The van der Waals surface area contributed by atoms with Gasteiger partial charge in [0.2, 0.25) is 0 Å². The number of benzene rings is 1. The van der Waals surface area contributed by atoms with Gasteiger partial charge in [-0.2, -0.15) is 5.10 Å². The molecular formula is C19H25N3. The predicted octanol–water partition coefficient (Wildman–Crippen LogP) is 4.34. The summed E-state index contributed by atoms with van der Waals surface area (Å²) in [5.41, 5.74) is 4.12. The Hall–Kier alpha value is -1.61. The molecule has 1 aromatic carbocycles. The van der Waals surface area contributed by atoms with Gasteiger partial charge in [-0.05, 0) is 55.8 Å². The highest BCUT2D eigenvalue weighted by atomic mass is 15.3. The lowest BCUT2D eigenvalue weighted by Gasteiger charge is -2.24. The first-order valence-electron chi connectivity index (χ1n) is 8.80. The first-order chi connectivity index (χ1) is 10.9. The first-order valence-corrected chi connectivity index (χ1v) is 8.80. The summed E-state index contributed by atoms with van der Waals surface area (Å²) in [5, 5.41) is 8.47. The number of para-hydroxylation sites is 1. The molecule has 1 N–H and O–H groups in total. The summed E-state index contributed by atoms with van der Waals surface area (Å²) in [6, 6.07) is 11.1. The maximum Gasteiger partial charge on any atom is 0.0649 e. The van der Waals surface area contributed by atoms with E-state index < -0.39 is 0 Å². The molecule has 1 atom stereocenters. The molecule has 3 nitrogen and oxygen atoms in total. The molecule has 2 aromatic rings. The van der Waals surface area contributed by atoms with Crippen molar-refractivity contribution in [3.63, 3.8) is 0 Å². The second kappa shape index (κ2) is 6.25. The van der Waals surface area contributed by atoms with Crippen LogP contribution >= 0.6 is 0 Å². The van der Waals surface area contributed by atoms with E-state index in [1.54, 1.807) is 0 Å². The summed E-state index contributed by atoms with van der Waals surface area (Å²) in [7, 11) is 0. The van der Waals surface area contributed by atoms with Crippen molar-refractivity contribution in [2.45, 2.75) is 56.9 Å². The Labute approximate surface area is 132 Å². The maximum absolute atomic E-state index is 4.78. The number of rotatable bonds is 3.